The first-order chi connectivity index (χ1) is 23.0. The molecule has 0 bridgehead atoms. The number of hydrogen-bond acceptors (Lipinski definition) is 8. The summed E-state index contributed by atoms with van der Waals surface area (Å²) in [5.74, 6) is 0.936. The Labute approximate surface area is 288 Å². The largest absolute Gasteiger partial charge is 0.490 e. The number of aryl methyl sites for hydroxylation is 1. The maximum absolute atomic E-state index is 12.7. The maximum Gasteiger partial charge on any atom is 0.222 e. The van der Waals surface area contributed by atoms with Gasteiger partial charge in [-0.15, -0.1) is 0 Å². The predicted octanol–water partition coefficient (Wildman–Crippen LogP) is 4.78. The van der Waals surface area contributed by atoms with Crippen molar-refractivity contribution in [2.45, 2.75) is 107 Å². The molecule has 260 valence electrons. The molecular weight excluding hydrogens is 632 g/mol. The van der Waals surface area contributed by atoms with Crippen LogP contribution in [0.15, 0.2) is 60.9 Å². The Morgan fingerprint density at radius 1 is 1.04 bits per heavy atom. The molecule has 1 amide bonds. The van der Waals surface area contributed by atoms with E-state index in [1.807, 2.05) is 24.5 Å². The van der Waals surface area contributed by atoms with Crippen LogP contribution in [-0.4, -0.2) is 92.0 Å². The SMILES string of the molecule is C[C@@H](CCCC(=O)N(C)C[C@H](O)[C@@H](O)[C@H](O)[C@H](O)CO)c1ccc(Cl)c(CCC2(c3cnccc3-c3ccccc3OC3CC3)CC2)c1. The lowest BCUT2D eigenvalue weighted by Gasteiger charge is -2.28. The minimum atomic E-state index is -1.73. The van der Waals surface area contributed by atoms with Crippen molar-refractivity contribution in [1.82, 2.24) is 9.88 Å². The molecule has 0 spiro atoms. The van der Waals surface area contributed by atoms with Crippen molar-refractivity contribution in [3.05, 3.63) is 82.6 Å². The van der Waals surface area contributed by atoms with Crippen molar-refractivity contribution >= 4 is 17.5 Å². The summed E-state index contributed by atoms with van der Waals surface area (Å²) in [7, 11) is 1.52. The minimum Gasteiger partial charge on any atom is -0.490 e. The number of aromatic nitrogens is 1. The molecule has 1 aromatic heterocycles. The van der Waals surface area contributed by atoms with E-state index >= 15 is 0 Å². The second-order valence-electron chi connectivity index (χ2n) is 13.7. The van der Waals surface area contributed by atoms with Gasteiger partial charge in [0.05, 0.1) is 12.7 Å². The van der Waals surface area contributed by atoms with Crippen LogP contribution in [0.3, 0.4) is 0 Å². The fourth-order valence-corrected chi connectivity index (χ4v) is 6.66. The zero-order valence-electron chi connectivity index (χ0n) is 27.8. The van der Waals surface area contributed by atoms with Crippen LogP contribution < -0.4 is 4.74 Å². The number of rotatable bonds is 18. The first-order valence-corrected chi connectivity index (χ1v) is 17.5. The average Bonchev–Trinajstić information content (AvgIpc) is 4.04. The van der Waals surface area contributed by atoms with Crippen molar-refractivity contribution in [2.75, 3.05) is 20.2 Å². The van der Waals surface area contributed by atoms with E-state index in [0.29, 0.717) is 12.5 Å². The fraction of sp³-hybridized carbons (Fsp3) is 0.526. The Balaban J connectivity index is 1.16. The van der Waals surface area contributed by atoms with Crippen molar-refractivity contribution in [3.63, 3.8) is 0 Å². The van der Waals surface area contributed by atoms with E-state index in [9.17, 15) is 25.2 Å². The van der Waals surface area contributed by atoms with Crippen LogP contribution in [0.2, 0.25) is 5.02 Å². The lowest BCUT2D eigenvalue weighted by molar-refractivity contribution is -0.138. The lowest BCUT2D eigenvalue weighted by Crippen LogP contribution is -2.49. The summed E-state index contributed by atoms with van der Waals surface area (Å²) in [5, 5.41) is 49.3. The normalized spacial score (nSPS) is 18.4. The van der Waals surface area contributed by atoms with Gasteiger partial charge in [0.15, 0.2) is 0 Å². The Morgan fingerprint density at radius 2 is 1.77 bits per heavy atom. The maximum atomic E-state index is 12.7. The van der Waals surface area contributed by atoms with Gasteiger partial charge in [0.1, 0.15) is 30.2 Å². The number of carbonyl (C=O) groups excluding carboxylic acids is 1. The molecular formula is C38H49ClN2O7. The second-order valence-corrected chi connectivity index (χ2v) is 14.1. The van der Waals surface area contributed by atoms with Crippen LogP contribution in [0.5, 0.6) is 5.75 Å². The van der Waals surface area contributed by atoms with Crippen LogP contribution in [-0.2, 0) is 16.6 Å². The molecule has 2 aromatic carbocycles. The highest BCUT2D eigenvalue weighted by Gasteiger charge is 2.45. The minimum absolute atomic E-state index is 0.0496. The van der Waals surface area contributed by atoms with E-state index in [0.717, 1.165) is 66.8 Å². The van der Waals surface area contributed by atoms with Gasteiger partial charge < -0.3 is 35.2 Å². The predicted molar refractivity (Wildman–Crippen MR) is 185 cm³/mol. The summed E-state index contributed by atoms with van der Waals surface area (Å²) in [6.45, 7) is 1.17. The van der Waals surface area contributed by atoms with Gasteiger partial charge in [0.2, 0.25) is 5.91 Å². The van der Waals surface area contributed by atoms with E-state index in [4.69, 9.17) is 21.4 Å². The van der Waals surface area contributed by atoms with Crippen molar-refractivity contribution < 1.29 is 35.1 Å². The Kier molecular flexibility index (Phi) is 12.2. The van der Waals surface area contributed by atoms with Gasteiger partial charge in [-0.1, -0.05) is 48.9 Å². The first kappa shape index (κ1) is 36.2. The summed E-state index contributed by atoms with van der Waals surface area (Å²) in [6.07, 6.45) is 5.63. The molecule has 2 aliphatic rings. The third-order valence-electron chi connectivity index (χ3n) is 9.99. The molecule has 2 fully saturated rings. The molecule has 0 unspecified atom stereocenters. The number of likely N-dealkylation sites (N-methyl/N-ethyl adjacent to an activating group) is 1. The number of hydrogen-bond donors (Lipinski definition) is 5. The van der Waals surface area contributed by atoms with Gasteiger partial charge in [-0.05, 0) is 103 Å². The molecule has 1 heterocycles. The van der Waals surface area contributed by atoms with E-state index in [1.165, 1.54) is 28.6 Å². The Hall–Kier alpha value is -3.05. The van der Waals surface area contributed by atoms with Crippen LogP contribution in [0.25, 0.3) is 11.1 Å². The summed E-state index contributed by atoms with van der Waals surface area (Å²) < 4.78 is 6.27. The van der Waals surface area contributed by atoms with Gasteiger partial charge >= 0.3 is 0 Å². The number of ether oxygens (including phenoxy) is 1. The average molecular weight is 681 g/mol. The van der Waals surface area contributed by atoms with Gasteiger partial charge in [0.25, 0.3) is 0 Å². The third kappa shape index (κ3) is 8.94. The Morgan fingerprint density at radius 3 is 2.48 bits per heavy atom. The zero-order valence-corrected chi connectivity index (χ0v) is 28.6. The molecule has 2 saturated carbocycles. The number of pyridine rings is 1. The molecule has 10 heteroatoms. The molecule has 0 saturated heterocycles. The van der Waals surface area contributed by atoms with Crippen LogP contribution in [0.4, 0.5) is 0 Å². The van der Waals surface area contributed by atoms with E-state index < -0.39 is 31.0 Å². The molecule has 0 aliphatic heterocycles. The number of nitrogens with zero attached hydrogens (tertiary/aromatic N) is 2. The van der Waals surface area contributed by atoms with E-state index in [2.05, 4.69) is 48.3 Å². The van der Waals surface area contributed by atoms with Crippen molar-refractivity contribution in [1.29, 1.82) is 0 Å². The zero-order chi connectivity index (χ0) is 34.4. The summed E-state index contributed by atoms with van der Waals surface area (Å²) in [5.41, 5.74) is 5.92. The van der Waals surface area contributed by atoms with Crippen molar-refractivity contribution in [3.8, 4) is 16.9 Å². The smallest absolute Gasteiger partial charge is 0.222 e. The highest BCUT2D eigenvalue weighted by atomic mass is 35.5. The Bertz CT molecular complexity index is 1530. The fourth-order valence-electron chi connectivity index (χ4n) is 6.45. The molecule has 2 aliphatic carbocycles. The van der Waals surface area contributed by atoms with Crippen LogP contribution in [0.1, 0.15) is 80.9 Å². The van der Waals surface area contributed by atoms with Crippen LogP contribution in [0, 0.1) is 0 Å². The number of halogens is 1. The topological polar surface area (TPSA) is 144 Å². The highest BCUT2D eigenvalue weighted by Crippen LogP contribution is 2.55. The number of aliphatic hydroxyl groups is 5. The third-order valence-corrected chi connectivity index (χ3v) is 10.4. The first-order valence-electron chi connectivity index (χ1n) is 17.1. The van der Waals surface area contributed by atoms with Gasteiger partial charge in [0, 0.05) is 43.0 Å². The number of benzene rings is 2. The standard InChI is InChI=1S/C38H49ClN2O7/c1-24(6-5-9-35(45)41(2)22-32(43)36(46)37(47)33(44)23-42)25-10-13-31(39)26(20-25)14-16-38(17-18-38)30-21-40-19-15-28(30)29-7-3-4-8-34(29)48-27-11-12-27/h3-4,7-8,10,13,15,19-21,24,27,32-33,36-37,42-44,46-47H,5-6,9,11-12,14,16-18,22-23H2,1-2H3/t24-,32-,33+,36+,37+/m0/s1. The number of para-hydroxylation sites is 1. The van der Waals surface area contributed by atoms with Gasteiger partial charge in [-0.2, -0.15) is 0 Å². The number of carbonyl (C=O) groups is 1. The summed E-state index contributed by atoms with van der Waals surface area (Å²) >= 11 is 6.73. The van der Waals surface area contributed by atoms with Crippen LogP contribution >= 0.6 is 11.6 Å². The molecule has 5 rings (SSSR count). The molecule has 0 radical (unpaired) electrons. The lowest BCUT2D eigenvalue weighted by atomic mass is 9.84. The second kappa shape index (κ2) is 16.1. The molecule has 5 N–H and O–H groups in total. The number of aliphatic hydroxyl groups excluding tert-OH is 5. The number of amides is 1. The van der Waals surface area contributed by atoms with E-state index in [1.54, 1.807) is 0 Å². The molecule has 5 atom stereocenters. The van der Waals surface area contributed by atoms with Gasteiger partial charge in [-0.25, -0.2) is 0 Å². The molecule has 3 aromatic rings. The van der Waals surface area contributed by atoms with Crippen molar-refractivity contribution in [2.24, 2.45) is 0 Å². The highest BCUT2D eigenvalue weighted by molar-refractivity contribution is 6.31. The summed E-state index contributed by atoms with van der Waals surface area (Å²) in [4.78, 5) is 18.6. The quantitative estimate of drug-likeness (QED) is 0.129. The van der Waals surface area contributed by atoms with Gasteiger partial charge in [-0.3, -0.25) is 9.78 Å². The summed E-state index contributed by atoms with van der Waals surface area (Å²) in [6, 6.07) is 16.6. The molecule has 9 nitrogen and oxygen atoms in total. The van der Waals surface area contributed by atoms with E-state index in [-0.39, 0.29) is 30.2 Å². The molecule has 48 heavy (non-hydrogen) atoms. The monoisotopic (exact) mass is 680 g/mol.